The topological polar surface area (TPSA) is 73.9 Å². The normalized spacial score (nSPS) is 11.9. The molecular weight excluding hydrogens is 366 g/mol. The largest absolute Gasteiger partial charge is 0.465 e. The Morgan fingerprint density at radius 2 is 1.81 bits per heavy atom. The fourth-order valence-corrected chi connectivity index (χ4v) is 3.74. The molecule has 0 atom stereocenters. The second kappa shape index (κ2) is 7.13. The van der Waals surface area contributed by atoms with Crippen LogP contribution in [0.5, 0.6) is 11.5 Å². The molecule has 136 valence electrons. The van der Waals surface area contributed by atoms with Gasteiger partial charge in [0.1, 0.15) is 4.88 Å². The first-order valence-electron chi connectivity index (χ1n) is 8.14. The van der Waals surface area contributed by atoms with Crippen molar-refractivity contribution in [1.82, 2.24) is 0 Å². The minimum atomic E-state index is -0.497. The first-order valence-corrected chi connectivity index (χ1v) is 8.96. The number of hydrogen-bond acceptors (Lipinski definition) is 6. The lowest BCUT2D eigenvalue weighted by Gasteiger charge is -2.06. The summed E-state index contributed by atoms with van der Waals surface area (Å²) < 4.78 is 15.4. The summed E-state index contributed by atoms with van der Waals surface area (Å²) in [4.78, 5) is 26.0. The van der Waals surface area contributed by atoms with Crippen LogP contribution >= 0.6 is 11.3 Å². The van der Waals surface area contributed by atoms with E-state index in [2.05, 4.69) is 5.32 Å². The summed E-state index contributed by atoms with van der Waals surface area (Å²) in [7, 11) is 1.31. The highest BCUT2D eigenvalue weighted by atomic mass is 32.1. The van der Waals surface area contributed by atoms with Crippen LogP contribution in [0.3, 0.4) is 0 Å². The average molecular weight is 381 g/mol. The molecule has 6 nitrogen and oxygen atoms in total. The van der Waals surface area contributed by atoms with Crippen LogP contribution in [0.15, 0.2) is 54.6 Å². The molecule has 0 radical (unpaired) electrons. The summed E-state index contributed by atoms with van der Waals surface area (Å²) >= 11 is 1.27. The lowest BCUT2D eigenvalue weighted by molar-refractivity contribution is 0.0607. The summed E-state index contributed by atoms with van der Waals surface area (Å²) in [6.07, 6.45) is 0. The van der Waals surface area contributed by atoms with Gasteiger partial charge in [0.25, 0.3) is 5.91 Å². The summed E-state index contributed by atoms with van der Waals surface area (Å²) in [5, 5.41) is 2.80. The smallest absolute Gasteiger partial charge is 0.350 e. The first kappa shape index (κ1) is 17.1. The molecule has 2 heterocycles. The number of benzene rings is 2. The highest BCUT2D eigenvalue weighted by molar-refractivity contribution is 7.18. The molecule has 7 heteroatoms. The number of fused-ring (bicyclic) bond motifs is 1. The highest BCUT2D eigenvalue weighted by Gasteiger charge is 2.21. The maximum atomic E-state index is 12.7. The molecule has 1 aliphatic rings. The van der Waals surface area contributed by atoms with Gasteiger partial charge in [-0.15, -0.1) is 11.3 Å². The molecular formula is C20H15NO5S. The van der Waals surface area contributed by atoms with Gasteiger partial charge in [-0.25, -0.2) is 4.79 Å². The van der Waals surface area contributed by atoms with E-state index in [1.165, 1.54) is 18.4 Å². The van der Waals surface area contributed by atoms with Crippen LogP contribution in [0.1, 0.15) is 20.0 Å². The Balaban J connectivity index is 1.65. The summed E-state index contributed by atoms with van der Waals surface area (Å²) in [6, 6.07) is 16.3. The van der Waals surface area contributed by atoms with Crippen molar-refractivity contribution in [1.29, 1.82) is 0 Å². The van der Waals surface area contributed by atoms with Crippen LogP contribution < -0.4 is 14.8 Å². The molecule has 1 aliphatic heterocycles. The molecule has 0 saturated heterocycles. The number of hydrogen-bond donors (Lipinski definition) is 1. The average Bonchev–Trinajstić information content (AvgIpc) is 3.34. The molecule has 1 amide bonds. The number of carbonyl (C=O) groups excluding carboxylic acids is 2. The van der Waals surface area contributed by atoms with Crippen molar-refractivity contribution in [3.63, 3.8) is 0 Å². The van der Waals surface area contributed by atoms with Gasteiger partial charge in [-0.2, -0.15) is 0 Å². The Morgan fingerprint density at radius 1 is 1.04 bits per heavy atom. The van der Waals surface area contributed by atoms with Gasteiger partial charge in [-0.1, -0.05) is 30.3 Å². The predicted molar refractivity (Wildman–Crippen MR) is 102 cm³/mol. The van der Waals surface area contributed by atoms with Crippen molar-refractivity contribution in [3.8, 4) is 21.9 Å². The van der Waals surface area contributed by atoms with Crippen molar-refractivity contribution in [2.45, 2.75) is 0 Å². The van der Waals surface area contributed by atoms with Gasteiger partial charge in [0.2, 0.25) is 6.79 Å². The molecule has 0 fully saturated rings. The lowest BCUT2D eigenvalue weighted by atomic mass is 10.1. The fraction of sp³-hybridized carbons (Fsp3) is 0.100. The molecule has 2 aromatic carbocycles. The van der Waals surface area contributed by atoms with E-state index in [-0.39, 0.29) is 12.7 Å². The van der Waals surface area contributed by atoms with E-state index in [0.717, 1.165) is 10.4 Å². The SMILES string of the molecule is COC(=O)c1sc(-c2ccccc2)cc1NC(=O)c1ccc2c(c1)OCO2. The number of thiophene rings is 1. The second-order valence-corrected chi connectivity index (χ2v) is 6.79. The number of nitrogens with one attached hydrogen (secondary N) is 1. The van der Waals surface area contributed by atoms with Gasteiger partial charge in [0.05, 0.1) is 12.8 Å². The Labute approximate surface area is 159 Å². The molecule has 0 aliphatic carbocycles. The number of carbonyl (C=O) groups is 2. The number of ether oxygens (including phenoxy) is 3. The zero-order chi connectivity index (χ0) is 18.8. The van der Waals surface area contributed by atoms with Crippen LogP contribution in [0.25, 0.3) is 10.4 Å². The Kier molecular flexibility index (Phi) is 4.52. The molecule has 0 spiro atoms. The van der Waals surface area contributed by atoms with E-state index < -0.39 is 5.97 Å². The van der Waals surface area contributed by atoms with Crippen LogP contribution in [-0.4, -0.2) is 25.8 Å². The van der Waals surface area contributed by atoms with Gasteiger partial charge in [-0.3, -0.25) is 4.79 Å². The van der Waals surface area contributed by atoms with Crippen molar-refractivity contribution in [2.75, 3.05) is 19.2 Å². The molecule has 1 aromatic heterocycles. The molecule has 3 aromatic rings. The maximum Gasteiger partial charge on any atom is 0.350 e. The van der Waals surface area contributed by atoms with Gasteiger partial charge < -0.3 is 19.5 Å². The van der Waals surface area contributed by atoms with Gasteiger partial charge in [0.15, 0.2) is 11.5 Å². The molecule has 27 heavy (non-hydrogen) atoms. The second-order valence-electron chi connectivity index (χ2n) is 5.73. The summed E-state index contributed by atoms with van der Waals surface area (Å²) in [5.41, 5.74) is 1.77. The quantitative estimate of drug-likeness (QED) is 0.686. The van der Waals surface area contributed by atoms with Crippen molar-refractivity contribution in [2.24, 2.45) is 0 Å². The number of rotatable bonds is 4. The van der Waals surface area contributed by atoms with E-state index in [1.807, 2.05) is 30.3 Å². The number of amides is 1. The van der Waals surface area contributed by atoms with Crippen molar-refractivity contribution < 1.29 is 23.8 Å². The maximum absolute atomic E-state index is 12.7. The molecule has 0 bridgehead atoms. The molecule has 0 unspecified atom stereocenters. The minimum absolute atomic E-state index is 0.137. The van der Waals surface area contributed by atoms with Crippen molar-refractivity contribution >= 4 is 28.9 Å². The van der Waals surface area contributed by atoms with Crippen LogP contribution in [0.4, 0.5) is 5.69 Å². The number of esters is 1. The third-order valence-corrected chi connectivity index (χ3v) is 5.21. The molecule has 0 saturated carbocycles. The van der Waals surface area contributed by atoms with E-state index in [1.54, 1.807) is 24.3 Å². The van der Waals surface area contributed by atoms with Gasteiger partial charge >= 0.3 is 5.97 Å². The predicted octanol–water partition coefficient (Wildman–Crippen LogP) is 4.18. The third kappa shape index (κ3) is 3.37. The van der Waals surface area contributed by atoms with Crippen molar-refractivity contribution in [3.05, 3.63) is 65.0 Å². The Hall–Kier alpha value is -3.32. The number of anilines is 1. The first-order chi connectivity index (χ1) is 13.2. The standard InChI is InChI=1S/C20H15NO5S/c1-24-20(23)18-14(10-17(27-18)12-5-3-2-4-6-12)21-19(22)13-7-8-15-16(9-13)26-11-25-15/h2-10H,11H2,1H3,(H,21,22). The van der Waals surface area contributed by atoms with Crippen LogP contribution in [0.2, 0.25) is 0 Å². The van der Waals surface area contributed by atoms with E-state index in [9.17, 15) is 9.59 Å². The van der Waals surface area contributed by atoms with Gasteiger partial charge in [0, 0.05) is 10.4 Å². The Morgan fingerprint density at radius 3 is 2.59 bits per heavy atom. The molecule has 4 rings (SSSR count). The monoisotopic (exact) mass is 381 g/mol. The zero-order valence-corrected chi connectivity index (χ0v) is 15.2. The van der Waals surface area contributed by atoms with E-state index in [0.29, 0.717) is 27.6 Å². The number of methoxy groups -OCH3 is 1. The fourth-order valence-electron chi connectivity index (χ4n) is 2.71. The lowest BCUT2D eigenvalue weighted by Crippen LogP contribution is -2.13. The highest BCUT2D eigenvalue weighted by Crippen LogP contribution is 2.36. The van der Waals surface area contributed by atoms with Crippen LogP contribution in [0, 0.1) is 0 Å². The van der Waals surface area contributed by atoms with Crippen LogP contribution in [-0.2, 0) is 4.74 Å². The summed E-state index contributed by atoms with van der Waals surface area (Å²) in [5.74, 6) is 0.272. The third-order valence-electron chi connectivity index (χ3n) is 4.04. The summed E-state index contributed by atoms with van der Waals surface area (Å²) in [6.45, 7) is 0.137. The Bertz CT molecular complexity index is 1010. The zero-order valence-electron chi connectivity index (χ0n) is 14.4. The van der Waals surface area contributed by atoms with E-state index >= 15 is 0 Å². The van der Waals surface area contributed by atoms with Gasteiger partial charge in [-0.05, 0) is 29.8 Å². The minimum Gasteiger partial charge on any atom is -0.465 e. The van der Waals surface area contributed by atoms with E-state index in [4.69, 9.17) is 14.2 Å². The molecule has 1 N–H and O–H groups in total.